The van der Waals surface area contributed by atoms with Gasteiger partial charge in [0.2, 0.25) is 0 Å². The van der Waals surface area contributed by atoms with Crippen LogP contribution in [0.3, 0.4) is 0 Å². The van der Waals surface area contributed by atoms with Crippen LogP contribution in [-0.4, -0.2) is 74.5 Å². The summed E-state index contributed by atoms with van der Waals surface area (Å²) in [5, 5.41) is 52.3. The molecule has 5 unspecified atom stereocenters. The summed E-state index contributed by atoms with van der Waals surface area (Å²) in [5.41, 5.74) is 1.21. The van der Waals surface area contributed by atoms with E-state index < -0.39 is 42.5 Å². The van der Waals surface area contributed by atoms with Crippen LogP contribution in [0.4, 0.5) is 0 Å². The normalized spacial score (nSPS) is 52.9. The van der Waals surface area contributed by atoms with Crippen molar-refractivity contribution >= 4 is 5.78 Å². The maximum Gasteiger partial charge on any atom is 0.142 e. The van der Waals surface area contributed by atoms with Gasteiger partial charge in [-0.05, 0) is 109 Å². The van der Waals surface area contributed by atoms with Gasteiger partial charge < -0.3 is 30.3 Å². The molecule has 44 heavy (non-hydrogen) atoms. The highest BCUT2D eigenvalue weighted by molar-refractivity contribution is 5.86. The Labute approximate surface area is 264 Å². The highest BCUT2D eigenvalue weighted by Crippen LogP contribution is 2.76. The van der Waals surface area contributed by atoms with Gasteiger partial charge in [0.25, 0.3) is 0 Å². The van der Waals surface area contributed by atoms with Gasteiger partial charge in [-0.15, -0.1) is 0 Å². The van der Waals surface area contributed by atoms with Crippen molar-refractivity contribution in [3.05, 3.63) is 11.6 Å². The average molecular weight is 617 g/mol. The summed E-state index contributed by atoms with van der Waals surface area (Å²) in [6.45, 7) is 16.3. The van der Waals surface area contributed by atoms with Gasteiger partial charge in [-0.2, -0.15) is 0 Å². The zero-order valence-electron chi connectivity index (χ0n) is 28.3. The summed E-state index contributed by atoms with van der Waals surface area (Å²) in [7, 11) is 0. The number of rotatable bonds is 4. The zero-order valence-corrected chi connectivity index (χ0v) is 28.3. The van der Waals surface area contributed by atoms with Crippen LogP contribution in [0, 0.1) is 50.2 Å². The molecule has 6 aliphatic rings. The number of hydrogen-bond acceptors (Lipinski definition) is 7. The molecule has 13 atom stereocenters. The third-order valence-electron chi connectivity index (χ3n) is 15.5. The minimum absolute atomic E-state index is 0.0187. The summed E-state index contributed by atoms with van der Waals surface area (Å²) < 4.78 is 5.84. The maximum atomic E-state index is 14.6. The van der Waals surface area contributed by atoms with Crippen LogP contribution in [0.25, 0.3) is 0 Å². The first-order valence-electron chi connectivity index (χ1n) is 17.6. The maximum absolute atomic E-state index is 14.6. The average Bonchev–Trinajstić information content (AvgIpc) is 2.95. The van der Waals surface area contributed by atoms with E-state index in [2.05, 4.69) is 54.5 Å². The quantitative estimate of drug-likeness (QED) is 0.283. The van der Waals surface area contributed by atoms with Crippen LogP contribution in [0.2, 0.25) is 0 Å². The first-order valence-corrected chi connectivity index (χ1v) is 17.6. The molecule has 7 nitrogen and oxygen atoms in total. The molecule has 0 spiro atoms. The Kier molecular flexibility index (Phi) is 7.96. The number of hydrogen-bond donors (Lipinski definition) is 5. The first kappa shape index (κ1) is 33.1. The molecule has 5 aliphatic carbocycles. The van der Waals surface area contributed by atoms with E-state index in [0.29, 0.717) is 11.8 Å². The van der Waals surface area contributed by atoms with Crippen molar-refractivity contribution in [3.8, 4) is 0 Å². The molecule has 0 aromatic carbocycles. The van der Waals surface area contributed by atoms with Gasteiger partial charge in [-0.1, -0.05) is 60.1 Å². The third-order valence-corrected chi connectivity index (χ3v) is 15.5. The molecule has 4 saturated carbocycles. The van der Waals surface area contributed by atoms with Crippen LogP contribution in [0.15, 0.2) is 11.6 Å². The fraction of sp³-hybridized carbons (Fsp3) is 0.919. The van der Waals surface area contributed by atoms with E-state index in [-0.39, 0.29) is 51.3 Å². The van der Waals surface area contributed by atoms with Crippen molar-refractivity contribution in [1.82, 2.24) is 0 Å². The van der Waals surface area contributed by atoms with E-state index in [1.54, 1.807) is 0 Å². The number of aliphatic hydroxyl groups is 5. The third kappa shape index (κ3) is 4.45. The van der Waals surface area contributed by atoms with E-state index in [1.165, 1.54) is 5.57 Å². The molecule has 5 fully saturated rings. The van der Waals surface area contributed by atoms with E-state index in [4.69, 9.17) is 4.74 Å². The SMILES string of the molecule is CC1(C)CC[C@]2(C(=O)C[C@H]3OC(CO)[C@H](O)C(O)[C@@H]3O)CC[C@]3(C)C(=CCC4[C@@]5(C)CC[C@H](O)C(C)(C)C5CC[C@]43C)C2C1. The molecular formula is C37H60O7. The highest BCUT2D eigenvalue weighted by Gasteiger charge is 2.69. The molecule has 1 aliphatic heterocycles. The van der Waals surface area contributed by atoms with Crippen molar-refractivity contribution in [3.63, 3.8) is 0 Å². The van der Waals surface area contributed by atoms with Gasteiger partial charge in [0.15, 0.2) is 0 Å². The number of ketones is 1. The fourth-order valence-electron chi connectivity index (χ4n) is 12.5. The molecule has 1 saturated heterocycles. The summed E-state index contributed by atoms with van der Waals surface area (Å²) >= 11 is 0. The molecule has 0 aromatic heterocycles. The van der Waals surface area contributed by atoms with Crippen LogP contribution < -0.4 is 0 Å². The second-order valence-electron chi connectivity index (χ2n) is 18.2. The van der Waals surface area contributed by atoms with Crippen molar-refractivity contribution in [1.29, 1.82) is 0 Å². The standard InChI is InChI=1S/C37H60O7/c1-32(2)14-16-37(28(40)18-23-29(41)31(43)30(42)24(20-38)44-23)17-15-35(6)21(22(37)19-32)8-9-26-34(5)12-11-27(39)33(3,4)25(34)10-13-36(26,35)7/h8,22-27,29-31,38-39,41-43H,9-20H2,1-7H3/t22?,23-,24?,25?,26?,27+,29-,30+,31?,34+,35-,36-,37+/m1/s1. The van der Waals surface area contributed by atoms with Gasteiger partial charge in [0.1, 0.15) is 30.2 Å². The number of Topliss-reactive ketones (excluding diaryl/α,β-unsaturated/α-hetero) is 1. The highest BCUT2D eigenvalue weighted by atomic mass is 16.5. The van der Waals surface area contributed by atoms with Crippen molar-refractivity contribution in [2.24, 2.45) is 50.2 Å². The predicted octanol–water partition coefficient (Wildman–Crippen LogP) is 4.95. The minimum atomic E-state index is -1.47. The summed E-state index contributed by atoms with van der Waals surface area (Å²) in [6, 6.07) is 0. The van der Waals surface area contributed by atoms with Gasteiger partial charge in [0.05, 0.1) is 18.8 Å². The summed E-state index contributed by atoms with van der Waals surface area (Å²) in [5.74, 6) is 1.24. The lowest BCUT2D eigenvalue weighted by Gasteiger charge is -2.71. The smallest absolute Gasteiger partial charge is 0.142 e. The number of aliphatic hydroxyl groups excluding tert-OH is 5. The van der Waals surface area contributed by atoms with Crippen LogP contribution in [0.5, 0.6) is 0 Å². The lowest BCUT2D eigenvalue weighted by molar-refractivity contribution is -0.231. The molecule has 0 amide bonds. The van der Waals surface area contributed by atoms with Crippen molar-refractivity contribution in [2.75, 3.05) is 6.61 Å². The predicted molar refractivity (Wildman–Crippen MR) is 168 cm³/mol. The Morgan fingerprint density at radius 1 is 0.818 bits per heavy atom. The number of carbonyl (C=O) groups excluding carboxylic acids is 1. The molecule has 1 heterocycles. The van der Waals surface area contributed by atoms with E-state index in [0.717, 1.165) is 64.2 Å². The number of ether oxygens (including phenoxy) is 1. The summed E-state index contributed by atoms with van der Waals surface area (Å²) in [6.07, 6.45) is 5.77. The molecule has 0 radical (unpaired) electrons. The van der Waals surface area contributed by atoms with Gasteiger partial charge in [0, 0.05) is 11.8 Å². The zero-order chi connectivity index (χ0) is 32.3. The molecule has 7 heteroatoms. The van der Waals surface area contributed by atoms with Crippen molar-refractivity contribution < 1.29 is 35.1 Å². The van der Waals surface area contributed by atoms with Gasteiger partial charge >= 0.3 is 0 Å². The lowest BCUT2D eigenvalue weighted by Crippen LogP contribution is -2.65. The Bertz CT molecular complexity index is 1180. The van der Waals surface area contributed by atoms with Crippen LogP contribution >= 0.6 is 0 Å². The molecule has 6 rings (SSSR count). The Morgan fingerprint density at radius 2 is 1.48 bits per heavy atom. The Morgan fingerprint density at radius 3 is 2.16 bits per heavy atom. The molecule has 0 aromatic rings. The van der Waals surface area contributed by atoms with Crippen molar-refractivity contribution in [2.45, 2.75) is 156 Å². The van der Waals surface area contributed by atoms with E-state index in [9.17, 15) is 30.3 Å². The first-order chi connectivity index (χ1) is 20.4. The van der Waals surface area contributed by atoms with E-state index in [1.807, 2.05) is 0 Å². The second kappa shape index (κ2) is 10.6. The fourth-order valence-corrected chi connectivity index (χ4v) is 12.5. The molecule has 0 bridgehead atoms. The molecular weight excluding hydrogens is 556 g/mol. The topological polar surface area (TPSA) is 127 Å². The van der Waals surface area contributed by atoms with Crippen LogP contribution in [-0.2, 0) is 9.53 Å². The van der Waals surface area contributed by atoms with Gasteiger partial charge in [-0.25, -0.2) is 0 Å². The Balaban J connectivity index is 1.35. The number of fused-ring (bicyclic) bond motifs is 7. The summed E-state index contributed by atoms with van der Waals surface area (Å²) in [4.78, 5) is 14.6. The number of allylic oxidation sites excluding steroid dienone is 2. The van der Waals surface area contributed by atoms with E-state index >= 15 is 0 Å². The molecule has 250 valence electrons. The minimum Gasteiger partial charge on any atom is -0.394 e. The number of carbonyl (C=O) groups is 1. The van der Waals surface area contributed by atoms with Crippen LogP contribution in [0.1, 0.15) is 119 Å². The van der Waals surface area contributed by atoms with Gasteiger partial charge in [-0.3, -0.25) is 4.79 Å². The largest absolute Gasteiger partial charge is 0.394 e. The Hall–Kier alpha value is -0.830. The monoisotopic (exact) mass is 616 g/mol. The lowest BCUT2D eigenvalue weighted by atomic mass is 9.33. The molecule has 5 N–H and O–H groups in total. The second-order valence-corrected chi connectivity index (χ2v) is 18.2.